The van der Waals surface area contributed by atoms with Crippen molar-refractivity contribution in [3.63, 3.8) is 0 Å². The van der Waals surface area contributed by atoms with E-state index in [1.54, 1.807) is 0 Å². The lowest BCUT2D eigenvalue weighted by molar-refractivity contribution is 0.827. The minimum atomic E-state index is 0.461. The summed E-state index contributed by atoms with van der Waals surface area (Å²) in [7, 11) is 0. The van der Waals surface area contributed by atoms with E-state index in [2.05, 4.69) is 57.7 Å². The minimum Gasteiger partial charge on any atom is -0.252 e. The molecule has 0 unspecified atom stereocenters. The van der Waals surface area contributed by atoms with Crippen LogP contribution in [0.15, 0.2) is 24.3 Å². The Bertz CT molecular complexity index is 517. The summed E-state index contributed by atoms with van der Waals surface area (Å²) >= 11 is 4.41. The van der Waals surface area contributed by atoms with Gasteiger partial charge in [0.2, 0.25) is 0 Å². The molecule has 1 heterocycles. The first-order valence-electron chi connectivity index (χ1n) is 5.63. The lowest BCUT2D eigenvalue weighted by atomic mass is 10.0. The lowest BCUT2D eigenvalue weighted by Gasteiger charge is -2.11. The van der Waals surface area contributed by atoms with Gasteiger partial charge in [0.1, 0.15) is 0 Å². The second kappa shape index (κ2) is 4.46. The average molecular weight is 231 g/mol. The Kier molecular flexibility index (Phi) is 3.20. The van der Waals surface area contributed by atoms with Crippen LogP contribution in [-0.2, 0) is 5.75 Å². The van der Waals surface area contributed by atoms with E-state index in [1.165, 1.54) is 16.5 Å². The molecule has 1 aromatic heterocycles. The maximum absolute atomic E-state index is 4.75. The molecule has 0 N–H and O–H groups in total. The van der Waals surface area contributed by atoms with Gasteiger partial charge in [0, 0.05) is 16.8 Å². The summed E-state index contributed by atoms with van der Waals surface area (Å²) in [6.45, 7) is 6.46. The van der Waals surface area contributed by atoms with Crippen molar-refractivity contribution in [3.8, 4) is 0 Å². The smallest absolute Gasteiger partial charge is 0.0737 e. The van der Waals surface area contributed by atoms with Crippen LogP contribution in [0.4, 0.5) is 0 Å². The van der Waals surface area contributed by atoms with Gasteiger partial charge < -0.3 is 0 Å². The molecule has 0 bridgehead atoms. The maximum Gasteiger partial charge on any atom is 0.0737 e. The molecule has 0 aliphatic carbocycles. The third-order valence-electron chi connectivity index (χ3n) is 2.91. The van der Waals surface area contributed by atoms with Crippen LogP contribution in [0.1, 0.15) is 36.6 Å². The van der Waals surface area contributed by atoms with E-state index >= 15 is 0 Å². The van der Waals surface area contributed by atoms with Gasteiger partial charge in [0.05, 0.1) is 5.52 Å². The van der Waals surface area contributed by atoms with Crippen molar-refractivity contribution in [3.05, 3.63) is 41.1 Å². The van der Waals surface area contributed by atoms with Crippen LogP contribution in [0.25, 0.3) is 10.9 Å². The number of thiol groups is 1. The van der Waals surface area contributed by atoms with Crippen molar-refractivity contribution in [2.75, 3.05) is 0 Å². The number of nitrogens with zero attached hydrogens (tertiary/aromatic N) is 1. The predicted octanol–water partition coefficient (Wildman–Crippen LogP) is 4.10. The van der Waals surface area contributed by atoms with Gasteiger partial charge in [-0.05, 0) is 30.0 Å². The SMILES string of the molecule is Cc1cccc2c(CS)cc(C(C)C)nc12. The number of hydrogen-bond acceptors (Lipinski definition) is 2. The van der Waals surface area contributed by atoms with E-state index in [9.17, 15) is 0 Å². The number of rotatable bonds is 2. The van der Waals surface area contributed by atoms with Crippen molar-refractivity contribution in [2.45, 2.75) is 32.4 Å². The second-order valence-corrected chi connectivity index (χ2v) is 4.81. The van der Waals surface area contributed by atoms with Gasteiger partial charge in [-0.3, -0.25) is 4.98 Å². The van der Waals surface area contributed by atoms with E-state index in [-0.39, 0.29) is 0 Å². The minimum absolute atomic E-state index is 0.461. The van der Waals surface area contributed by atoms with Gasteiger partial charge in [-0.2, -0.15) is 12.6 Å². The molecule has 0 fully saturated rings. The predicted molar refractivity (Wildman–Crippen MR) is 73.3 cm³/mol. The third-order valence-corrected chi connectivity index (χ3v) is 3.25. The first-order valence-corrected chi connectivity index (χ1v) is 6.26. The zero-order chi connectivity index (χ0) is 11.7. The fourth-order valence-corrected chi connectivity index (χ4v) is 2.17. The van der Waals surface area contributed by atoms with Crippen LogP contribution in [-0.4, -0.2) is 4.98 Å². The molecule has 84 valence electrons. The molecule has 1 nitrogen and oxygen atoms in total. The standard InChI is InChI=1S/C14H17NS/c1-9(2)13-7-11(8-16)12-6-4-5-10(3)14(12)15-13/h4-7,9,16H,8H2,1-3H3. The summed E-state index contributed by atoms with van der Waals surface area (Å²) in [4.78, 5) is 4.75. The molecule has 2 rings (SSSR count). The van der Waals surface area contributed by atoms with E-state index < -0.39 is 0 Å². The van der Waals surface area contributed by atoms with Crippen molar-refractivity contribution in [1.29, 1.82) is 0 Å². The Morgan fingerprint density at radius 2 is 2.06 bits per heavy atom. The Morgan fingerprint density at radius 1 is 1.31 bits per heavy atom. The molecule has 0 aliphatic rings. The molecule has 0 aliphatic heterocycles. The number of para-hydroxylation sites is 1. The van der Waals surface area contributed by atoms with Crippen LogP contribution in [0.5, 0.6) is 0 Å². The highest BCUT2D eigenvalue weighted by atomic mass is 32.1. The summed E-state index contributed by atoms with van der Waals surface area (Å²) in [5, 5.41) is 1.24. The monoisotopic (exact) mass is 231 g/mol. The topological polar surface area (TPSA) is 12.9 Å². The summed E-state index contributed by atoms with van der Waals surface area (Å²) in [5.74, 6) is 1.23. The number of pyridine rings is 1. The van der Waals surface area contributed by atoms with Crippen LogP contribution >= 0.6 is 12.6 Å². The van der Waals surface area contributed by atoms with Crippen LogP contribution < -0.4 is 0 Å². The molecule has 0 spiro atoms. The molecule has 16 heavy (non-hydrogen) atoms. The molecule has 0 amide bonds. The van der Waals surface area contributed by atoms with Gasteiger partial charge in [0.15, 0.2) is 0 Å². The number of fused-ring (bicyclic) bond motifs is 1. The molecular formula is C14H17NS. The Morgan fingerprint density at radius 3 is 2.69 bits per heavy atom. The van der Waals surface area contributed by atoms with Gasteiger partial charge in [-0.1, -0.05) is 32.0 Å². The van der Waals surface area contributed by atoms with Crippen LogP contribution in [0.2, 0.25) is 0 Å². The molecule has 2 aromatic rings. The number of aromatic nitrogens is 1. The summed E-state index contributed by atoms with van der Waals surface area (Å²) in [5.41, 5.74) is 4.80. The number of benzene rings is 1. The van der Waals surface area contributed by atoms with Crippen LogP contribution in [0, 0.1) is 6.92 Å². The third kappa shape index (κ3) is 1.94. The Hall–Kier alpha value is -1.02. The largest absolute Gasteiger partial charge is 0.252 e. The van der Waals surface area contributed by atoms with Gasteiger partial charge in [-0.15, -0.1) is 0 Å². The van der Waals surface area contributed by atoms with Gasteiger partial charge in [-0.25, -0.2) is 0 Å². The fourth-order valence-electron chi connectivity index (χ4n) is 1.91. The molecule has 0 radical (unpaired) electrons. The zero-order valence-corrected chi connectivity index (χ0v) is 10.9. The first kappa shape index (κ1) is 11.5. The lowest BCUT2D eigenvalue weighted by Crippen LogP contribution is -1.97. The van der Waals surface area contributed by atoms with Gasteiger partial charge >= 0.3 is 0 Å². The van der Waals surface area contributed by atoms with Crippen molar-refractivity contribution in [2.24, 2.45) is 0 Å². The van der Waals surface area contributed by atoms with E-state index in [1.807, 2.05) is 0 Å². The first-order chi connectivity index (χ1) is 7.63. The normalized spacial score (nSPS) is 11.3. The maximum atomic E-state index is 4.75. The molecular weight excluding hydrogens is 214 g/mol. The van der Waals surface area contributed by atoms with Crippen molar-refractivity contribution >= 4 is 23.5 Å². The van der Waals surface area contributed by atoms with E-state index in [0.29, 0.717) is 5.92 Å². The molecule has 2 heteroatoms. The molecule has 0 saturated heterocycles. The Labute approximate surface area is 102 Å². The molecule has 0 saturated carbocycles. The van der Waals surface area contributed by atoms with Gasteiger partial charge in [0.25, 0.3) is 0 Å². The highest BCUT2D eigenvalue weighted by Gasteiger charge is 2.08. The van der Waals surface area contributed by atoms with E-state index in [0.717, 1.165) is 17.0 Å². The zero-order valence-electron chi connectivity index (χ0n) is 9.99. The quantitative estimate of drug-likeness (QED) is 0.768. The summed E-state index contributed by atoms with van der Waals surface area (Å²) in [6, 6.07) is 8.51. The summed E-state index contributed by atoms with van der Waals surface area (Å²) < 4.78 is 0. The highest BCUT2D eigenvalue weighted by Crippen LogP contribution is 2.25. The number of hydrogen-bond donors (Lipinski definition) is 1. The second-order valence-electron chi connectivity index (χ2n) is 4.49. The highest BCUT2D eigenvalue weighted by molar-refractivity contribution is 7.79. The Balaban J connectivity index is 2.79. The van der Waals surface area contributed by atoms with Crippen molar-refractivity contribution in [1.82, 2.24) is 4.98 Å². The number of aryl methyl sites for hydroxylation is 1. The van der Waals surface area contributed by atoms with E-state index in [4.69, 9.17) is 4.98 Å². The molecule has 0 atom stereocenters. The molecule has 1 aromatic carbocycles. The fraction of sp³-hybridized carbons (Fsp3) is 0.357. The average Bonchev–Trinajstić information content (AvgIpc) is 2.28. The van der Waals surface area contributed by atoms with Crippen LogP contribution in [0.3, 0.4) is 0 Å². The summed E-state index contributed by atoms with van der Waals surface area (Å²) in [6.07, 6.45) is 0. The van der Waals surface area contributed by atoms with Crippen molar-refractivity contribution < 1.29 is 0 Å².